The zero-order valence-corrected chi connectivity index (χ0v) is 8.74. The van der Waals surface area contributed by atoms with Gasteiger partial charge in [-0.15, -0.1) is 0 Å². The van der Waals surface area contributed by atoms with Crippen LogP contribution >= 0.6 is 0 Å². The Morgan fingerprint density at radius 1 is 1.47 bits per heavy atom. The van der Waals surface area contributed by atoms with Gasteiger partial charge in [-0.05, 0) is 18.2 Å². The summed E-state index contributed by atoms with van der Waals surface area (Å²) in [6.07, 6.45) is 0. The molecule has 0 spiro atoms. The van der Waals surface area contributed by atoms with Crippen LogP contribution in [0, 0.1) is 0 Å². The highest BCUT2D eigenvalue weighted by Gasteiger charge is 2.09. The van der Waals surface area contributed by atoms with Crippen molar-refractivity contribution in [3.05, 3.63) is 29.3 Å². The zero-order valence-electron chi connectivity index (χ0n) is 8.74. The van der Waals surface area contributed by atoms with Crippen LogP contribution in [0.2, 0.25) is 0 Å². The third-order valence-electron chi connectivity index (χ3n) is 1.99. The molecule has 0 amide bonds. The minimum Gasteiger partial charge on any atom is -0.496 e. The summed E-state index contributed by atoms with van der Waals surface area (Å²) in [4.78, 5) is 11.3. The second-order valence-corrected chi connectivity index (χ2v) is 2.90. The minimum absolute atomic E-state index is 0.379. The van der Waals surface area contributed by atoms with E-state index in [0.717, 1.165) is 5.56 Å². The summed E-state index contributed by atoms with van der Waals surface area (Å²) in [5.74, 6) is 5.52. The molecule has 3 N–H and O–H groups in total. The molecular formula is C10H14N2O3. The van der Waals surface area contributed by atoms with Gasteiger partial charge in [0.25, 0.3) is 0 Å². The Bertz CT molecular complexity index is 353. The van der Waals surface area contributed by atoms with Crippen molar-refractivity contribution in [1.29, 1.82) is 0 Å². The van der Waals surface area contributed by atoms with E-state index in [2.05, 4.69) is 10.2 Å². The molecule has 0 fully saturated rings. The van der Waals surface area contributed by atoms with Crippen molar-refractivity contribution < 1.29 is 14.3 Å². The molecule has 0 aliphatic carbocycles. The lowest BCUT2D eigenvalue weighted by atomic mass is 10.1. The molecule has 0 saturated carbocycles. The Morgan fingerprint density at radius 2 is 2.20 bits per heavy atom. The van der Waals surface area contributed by atoms with Gasteiger partial charge in [-0.25, -0.2) is 4.79 Å². The first-order valence-electron chi connectivity index (χ1n) is 4.41. The monoisotopic (exact) mass is 210 g/mol. The number of esters is 1. The quantitative estimate of drug-likeness (QED) is 0.428. The topological polar surface area (TPSA) is 73.6 Å². The van der Waals surface area contributed by atoms with Crippen molar-refractivity contribution in [2.45, 2.75) is 6.54 Å². The second kappa shape index (κ2) is 5.33. The summed E-state index contributed by atoms with van der Waals surface area (Å²) in [7, 11) is 2.90. The zero-order chi connectivity index (χ0) is 11.3. The number of hydrazine groups is 1. The fraction of sp³-hybridized carbons (Fsp3) is 0.300. The number of benzene rings is 1. The lowest BCUT2D eigenvalue weighted by molar-refractivity contribution is 0.0600. The summed E-state index contributed by atoms with van der Waals surface area (Å²) in [6.45, 7) is 0.425. The van der Waals surface area contributed by atoms with E-state index in [0.29, 0.717) is 17.9 Å². The molecule has 5 heteroatoms. The van der Waals surface area contributed by atoms with Crippen LogP contribution in [0.5, 0.6) is 5.75 Å². The van der Waals surface area contributed by atoms with Crippen molar-refractivity contribution in [2.75, 3.05) is 14.2 Å². The number of rotatable bonds is 4. The molecule has 0 aromatic heterocycles. The molecule has 1 aromatic carbocycles. The predicted molar refractivity (Wildman–Crippen MR) is 55.4 cm³/mol. The first kappa shape index (κ1) is 11.5. The van der Waals surface area contributed by atoms with Crippen molar-refractivity contribution >= 4 is 5.97 Å². The van der Waals surface area contributed by atoms with E-state index in [-0.39, 0.29) is 5.97 Å². The third kappa shape index (κ3) is 2.68. The van der Waals surface area contributed by atoms with Crippen LogP contribution in [-0.4, -0.2) is 20.2 Å². The van der Waals surface area contributed by atoms with Gasteiger partial charge >= 0.3 is 5.97 Å². The number of hydrogen-bond donors (Lipinski definition) is 2. The van der Waals surface area contributed by atoms with E-state index >= 15 is 0 Å². The average Bonchev–Trinajstić information content (AvgIpc) is 2.28. The molecule has 5 nitrogen and oxygen atoms in total. The van der Waals surface area contributed by atoms with Gasteiger partial charge in [-0.3, -0.25) is 11.3 Å². The standard InChI is InChI=1S/C10H14N2O3/c1-14-9-4-3-7(10(13)15-2)5-8(9)6-12-11/h3-5,12H,6,11H2,1-2H3. The van der Waals surface area contributed by atoms with Crippen LogP contribution in [0.15, 0.2) is 18.2 Å². The van der Waals surface area contributed by atoms with Crippen molar-refractivity contribution in [3.8, 4) is 5.75 Å². The number of hydrogen-bond acceptors (Lipinski definition) is 5. The number of ether oxygens (including phenoxy) is 2. The van der Waals surface area contributed by atoms with Gasteiger partial charge in [0.2, 0.25) is 0 Å². The molecule has 0 heterocycles. The molecule has 1 rings (SSSR count). The molecular weight excluding hydrogens is 196 g/mol. The summed E-state index contributed by atoms with van der Waals surface area (Å²) in [5.41, 5.74) is 3.79. The van der Waals surface area contributed by atoms with Crippen LogP contribution in [0.4, 0.5) is 0 Å². The van der Waals surface area contributed by atoms with Crippen LogP contribution in [-0.2, 0) is 11.3 Å². The van der Waals surface area contributed by atoms with E-state index in [1.807, 2.05) is 0 Å². The Morgan fingerprint density at radius 3 is 2.73 bits per heavy atom. The van der Waals surface area contributed by atoms with Gasteiger partial charge < -0.3 is 9.47 Å². The molecule has 0 radical (unpaired) electrons. The SMILES string of the molecule is COC(=O)c1ccc(OC)c(CNN)c1. The lowest BCUT2D eigenvalue weighted by Crippen LogP contribution is -2.21. The maximum atomic E-state index is 11.3. The largest absolute Gasteiger partial charge is 0.496 e. The fourth-order valence-electron chi connectivity index (χ4n) is 1.27. The van der Waals surface area contributed by atoms with Gasteiger partial charge in [0, 0.05) is 12.1 Å². The number of methoxy groups -OCH3 is 2. The molecule has 0 unspecified atom stereocenters. The van der Waals surface area contributed by atoms with Gasteiger partial charge in [0.15, 0.2) is 0 Å². The van der Waals surface area contributed by atoms with Crippen LogP contribution < -0.4 is 16.0 Å². The summed E-state index contributed by atoms with van der Waals surface area (Å²) >= 11 is 0. The highest BCUT2D eigenvalue weighted by Crippen LogP contribution is 2.19. The van der Waals surface area contributed by atoms with Gasteiger partial charge in [0.1, 0.15) is 5.75 Å². The van der Waals surface area contributed by atoms with E-state index in [1.165, 1.54) is 7.11 Å². The van der Waals surface area contributed by atoms with Crippen molar-refractivity contribution in [3.63, 3.8) is 0 Å². The van der Waals surface area contributed by atoms with Crippen LogP contribution in [0.25, 0.3) is 0 Å². The predicted octanol–water partition coefficient (Wildman–Crippen LogP) is 0.445. The summed E-state index contributed by atoms with van der Waals surface area (Å²) < 4.78 is 9.73. The fourth-order valence-corrected chi connectivity index (χ4v) is 1.27. The molecule has 0 atom stereocenters. The van der Waals surface area contributed by atoms with E-state index in [1.54, 1.807) is 25.3 Å². The van der Waals surface area contributed by atoms with Gasteiger partial charge in [0.05, 0.1) is 19.8 Å². The Labute approximate surface area is 88.1 Å². The Hall–Kier alpha value is -1.59. The number of nitrogens with one attached hydrogen (secondary N) is 1. The van der Waals surface area contributed by atoms with Crippen LogP contribution in [0.1, 0.15) is 15.9 Å². The Kier molecular flexibility index (Phi) is 4.08. The normalized spacial score (nSPS) is 9.80. The van der Waals surface area contributed by atoms with E-state index < -0.39 is 0 Å². The maximum absolute atomic E-state index is 11.3. The highest BCUT2D eigenvalue weighted by molar-refractivity contribution is 5.89. The first-order valence-corrected chi connectivity index (χ1v) is 4.41. The molecule has 0 aliphatic heterocycles. The molecule has 0 aliphatic rings. The highest BCUT2D eigenvalue weighted by atomic mass is 16.5. The third-order valence-corrected chi connectivity index (χ3v) is 1.99. The number of carbonyl (C=O) groups is 1. The summed E-state index contributed by atoms with van der Waals surface area (Å²) in [6, 6.07) is 5.04. The smallest absolute Gasteiger partial charge is 0.337 e. The first-order chi connectivity index (χ1) is 7.22. The summed E-state index contributed by atoms with van der Waals surface area (Å²) in [5, 5.41) is 0. The van der Waals surface area contributed by atoms with Crippen LogP contribution in [0.3, 0.4) is 0 Å². The van der Waals surface area contributed by atoms with Crippen molar-refractivity contribution in [1.82, 2.24) is 5.43 Å². The number of nitrogens with two attached hydrogens (primary N) is 1. The van der Waals surface area contributed by atoms with Crippen molar-refractivity contribution in [2.24, 2.45) is 5.84 Å². The Balaban J connectivity index is 3.04. The molecule has 1 aromatic rings. The number of carbonyl (C=O) groups excluding carboxylic acids is 1. The van der Waals surface area contributed by atoms with Gasteiger partial charge in [-0.1, -0.05) is 0 Å². The average molecular weight is 210 g/mol. The van der Waals surface area contributed by atoms with E-state index in [4.69, 9.17) is 10.6 Å². The molecule has 15 heavy (non-hydrogen) atoms. The minimum atomic E-state index is -0.379. The molecule has 82 valence electrons. The van der Waals surface area contributed by atoms with E-state index in [9.17, 15) is 4.79 Å². The maximum Gasteiger partial charge on any atom is 0.337 e. The lowest BCUT2D eigenvalue weighted by Gasteiger charge is -2.09. The molecule has 0 saturated heterocycles. The van der Waals surface area contributed by atoms with Gasteiger partial charge in [-0.2, -0.15) is 0 Å². The molecule has 0 bridgehead atoms. The second-order valence-electron chi connectivity index (χ2n) is 2.90.